The maximum atomic E-state index is 11.1. The zero-order valence-electron chi connectivity index (χ0n) is 11.1. The molecule has 1 rings (SSSR count). The molecule has 0 aromatic heterocycles. The van der Waals surface area contributed by atoms with E-state index in [0.717, 1.165) is 5.56 Å². The summed E-state index contributed by atoms with van der Waals surface area (Å²) in [4.78, 5) is 11.1. The Kier molecular flexibility index (Phi) is 13.8. The van der Waals surface area contributed by atoms with E-state index < -0.39 is 0 Å². The second-order valence-electron chi connectivity index (χ2n) is 3.75. The van der Waals surface area contributed by atoms with Gasteiger partial charge in [-0.05, 0) is 0 Å². The quantitative estimate of drug-likeness (QED) is 0.632. The summed E-state index contributed by atoms with van der Waals surface area (Å²) in [6.45, 7) is 7.99. The van der Waals surface area contributed by atoms with Crippen molar-refractivity contribution in [3.8, 4) is 0 Å². The minimum atomic E-state index is -0.159. The molecule has 0 N–H and O–H groups in total. The van der Waals surface area contributed by atoms with Crippen LogP contribution in [0.1, 0.15) is 33.3 Å². The van der Waals surface area contributed by atoms with Gasteiger partial charge in [0, 0.05) is 32.7 Å². The Balaban J connectivity index is 0. The number of rotatable bonds is 3. The molecule has 0 unspecified atom stereocenters. The molecule has 0 heterocycles. The summed E-state index contributed by atoms with van der Waals surface area (Å²) in [7, 11) is 0. The smallest absolute Gasteiger partial charge is 0.308 e. The fourth-order valence-electron chi connectivity index (χ4n) is 0.839. The van der Waals surface area contributed by atoms with Gasteiger partial charge in [0.1, 0.15) is 0 Å². The molecule has 3 heteroatoms. The van der Waals surface area contributed by atoms with E-state index in [4.69, 9.17) is 4.74 Å². The first-order valence-electron chi connectivity index (χ1n) is 5.47. The molecule has 17 heavy (non-hydrogen) atoms. The van der Waals surface area contributed by atoms with E-state index in [1.54, 1.807) is 12.1 Å². The van der Waals surface area contributed by atoms with Crippen LogP contribution in [0.2, 0.25) is 0 Å². The second kappa shape index (κ2) is 12.3. The van der Waals surface area contributed by atoms with Crippen LogP contribution in [-0.4, -0.2) is 5.97 Å². The van der Waals surface area contributed by atoms with Crippen LogP contribution in [0.25, 0.3) is 0 Å². The first-order chi connectivity index (χ1) is 7.61. The number of benzene rings is 1. The predicted octanol–water partition coefficient (Wildman–Crippen LogP) is 3.41. The van der Waals surface area contributed by atoms with Crippen molar-refractivity contribution in [1.82, 2.24) is 0 Å². The van der Waals surface area contributed by atoms with Crippen molar-refractivity contribution >= 4 is 5.97 Å². The largest absolute Gasteiger partial charge is 0.463 e. The SMILES string of the molecule is CC(C)C(=O)OCc1cc[c-]cc1.C[CH-]C.[Y]. The van der Waals surface area contributed by atoms with Crippen molar-refractivity contribution in [2.75, 3.05) is 0 Å². The van der Waals surface area contributed by atoms with E-state index in [9.17, 15) is 4.79 Å². The van der Waals surface area contributed by atoms with E-state index in [-0.39, 0.29) is 44.6 Å². The molecular formula is C14H20O2Y-2. The van der Waals surface area contributed by atoms with Gasteiger partial charge in [0.15, 0.2) is 0 Å². The van der Waals surface area contributed by atoms with E-state index >= 15 is 0 Å². The van der Waals surface area contributed by atoms with Gasteiger partial charge in [-0.15, -0.1) is 5.56 Å². The summed E-state index contributed by atoms with van der Waals surface area (Å²) >= 11 is 0. The zero-order valence-corrected chi connectivity index (χ0v) is 13.9. The van der Waals surface area contributed by atoms with Crippen molar-refractivity contribution in [3.63, 3.8) is 0 Å². The molecular weight excluding hydrogens is 289 g/mol. The Morgan fingerprint density at radius 3 is 2.24 bits per heavy atom. The van der Waals surface area contributed by atoms with Crippen molar-refractivity contribution in [1.29, 1.82) is 0 Å². The molecule has 0 spiro atoms. The number of hydrogen-bond acceptors (Lipinski definition) is 2. The van der Waals surface area contributed by atoms with Crippen molar-refractivity contribution in [3.05, 3.63) is 42.3 Å². The molecule has 0 aliphatic carbocycles. The summed E-state index contributed by atoms with van der Waals surface area (Å²) in [5, 5.41) is 0. The van der Waals surface area contributed by atoms with E-state index in [1.807, 2.05) is 46.2 Å². The topological polar surface area (TPSA) is 26.3 Å². The third-order valence-corrected chi connectivity index (χ3v) is 1.64. The molecule has 0 atom stereocenters. The predicted molar refractivity (Wildman–Crippen MR) is 65.6 cm³/mol. The van der Waals surface area contributed by atoms with Crippen LogP contribution in [0.15, 0.2) is 24.3 Å². The van der Waals surface area contributed by atoms with Crippen LogP contribution < -0.4 is 0 Å². The standard InChI is InChI=1S/C11H13O2.C3H7.Y/c1-9(2)11(12)13-8-10-6-4-3-5-7-10;1-3-2;/h4-7,9H,8H2,1-2H3;3H,1-2H3;/q2*-1;. The fraction of sp³-hybridized carbons (Fsp3) is 0.429. The molecule has 1 aromatic rings. The first-order valence-corrected chi connectivity index (χ1v) is 5.47. The van der Waals surface area contributed by atoms with Gasteiger partial charge in [-0.25, -0.2) is 0 Å². The molecule has 1 radical (unpaired) electrons. The maximum Gasteiger partial charge on any atom is 0.308 e. The third kappa shape index (κ3) is 10.7. The van der Waals surface area contributed by atoms with Crippen molar-refractivity contribution < 1.29 is 42.2 Å². The van der Waals surface area contributed by atoms with Crippen LogP contribution in [0.5, 0.6) is 0 Å². The Morgan fingerprint density at radius 2 is 1.82 bits per heavy atom. The molecule has 0 bridgehead atoms. The molecule has 0 fully saturated rings. The van der Waals surface area contributed by atoms with Gasteiger partial charge < -0.3 is 11.2 Å². The minimum absolute atomic E-state index is 0. The van der Waals surface area contributed by atoms with Crippen LogP contribution in [0, 0.1) is 18.4 Å². The Bertz CT molecular complexity index is 284. The molecule has 0 aliphatic heterocycles. The minimum Gasteiger partial charge on any atom is -0.463 e. The van der Waals surface area contributed by atoms with Crippen LogP contribution in [-0.2, 0) is 48.8 Å². The van der Waals surface area contributed by atoms with Crippen LogP contribution >= 0.6 is 0 Å². The van der Waals surface area contributed by atoms with Crippen LogP contribution in [0.3, 0.4) is 0 Å². The summed E-state index contributed by atoms with van der Waals surface area (Å²) in [5.41, 5.74) is 0.993. The molecule has 1 aromatic carbocycles. The second-order valence-corrected chi connectivity index (χ2v) is 3.75. The number of ether oxygens (including phenoxy) is 1. The maximum absolute atomic E-state index is 11.1. The number of carbonyl (C=O) groups excluding carboxylic acids is 1. The number of carbonyl (C=O) groups is 1. The molecule has 0 amide bonds. The van der Waals surface area contributed by atoms with Gasteiger partial charge >= 0.3 is 5.97 Å². The molecule has 0 saturated carbocycles. The van der Waals surface area contributed by atoms with Gasteiger partial charge in [-0.3, -0.25) is 4.79 Å². The monoisotopic (exact) mass is 309 g/mol. The Labute approximate surface area is 130 Å². The molecule has 93 valence electrons. The average molecular weight is 309 g/mol. The zero-order chi connectivity index (χ0) is 12.4. The summed E-state index contributed by atoms with van der Waals surface area (Å²) in [6, 6.07) is 10.3. The number of hydrogen-bond donors (Lipinski definition) is 0. The summed E-state index contributed by atoms with van der Waals surface area (Å²) in [6.07, 6.45) is 2.00. The average Bonchev–Trinajstić information content (AvgIpc) is 2.28. The first kappa shape index (κ1) is 19.1. The van der Waals surface area contributed by atoms with Gasteiger partial charge in [0.2, 0.25) is 0 Å². The van der Waals surface area contributed by atoms with Gasteiger partial charge in [-0.1, -0.05) is 13.8 Å². The summed E-state index contributed by atoms with van der Waals surface area (Å²) < 4.78 is 5.04. The van der Waals surface area contributed by atoms with E-state index in [0.29, 0.717) is 6.61 Å². The normalized spacial score (nSPS) is 8.76. The summed E-state index contributed by atoms with van der Waals surface area (Å²) in [5.74, 6) is -0.219. The van der Waals surface area contributed by atoms with Crippen LogP contribution in [0.4, 0.5) is 0 Å². The van der Waals surface area contributed by atoms with Gasteiger partial charge in [-0.2, -0.15) is 44.2 Å². The van der Waals surface area contributed by atoms with Gasteiger partial charge in [0.05, 0.1) is 12.5 Å². The van der Waals surface area contributed by atoms with E-state index in [1.165, 1.54) is 0 Å². The molecule has 2 nitrogen and oxygen atoms in total. The van der Waals surface area contributed by atoms with Gasteiger partial charge in [0.25, 0.3) is 0 Å². The third-order valence-electron chi connectivity index (χ3n) is 1.64. The number of esters is 1. The molecule has 0 saturated heterocycles. The van der Waals surface area contributed by atoms with Crippen molar-refractivity contribution in [2.45, 2.75) is 34.3 Å². The van der Waals surface area contributed by atoms with Crippen molar-refractivity contribution in [2.24, 2.45) is 5.92 Å². The van der Waals surface area contributed by atoms with E-state index in [2.05, 4.69) is 6.07 Å². The molecule has 0 aliphatic rings. The Hall–Kier alpha value is -0.206. The Morgan fingerprint density at radius 1 is 1.35 bits per heavy atom. The fourth-order valence-corrected chi connectivity index (χ4v) is 0.839.